The smallest absolute Gasteiger partial charge is 0.311 e. The van der Waals surface area contributed by atoms with Crippen LogP contribution in [0.25, 0.3) is 0 Å². The molecule has 0 aliphatic carbocycles. The SMILES string of the molecule is CO[C@H](c1ccc(C)cc1)[C@H](C)C(=O)OCc1ccccc1. The molecular weight excluding hydrogens is 276 g/mol. The molecule has 0 saturated carbocycles. The van der Waals surface area contributed by atoms with E-state index in [2.05, 4.69) is 0 Å². The van der Waals surface area contributed by atoms with Crippen LogP contribution in [-0.2, 0) is 20.9 Å². The molecule has 2 atom stereocenters. The second-order valence-electron chi connectivity index (χ2n) is 5.45. The van der Waals surface area contributed by atoms with Gasteiger partial charge in [0.05, 0.1) is 12.0 Å². The van der Waals surface area contributed by atoms with E-state index < -0.39 is 0 Å². The predicted octanol–water partition coefficient (Wildman–Crippen LogP) is 4.06. The highest BCUT2D eigenvalue weighted by Crippen LogP contribution is 2.27. The van der Waals surface area contributed by atoms with Crippen molar-refractivity contribution in [3.8, 4) is 0 Å². The molecule has 116 valence electrons. The number of carbonyl (C=O) groups is 1. The van der Waals surface area contributed by atoms with Crippen molar-refractivity contribution in [2.75, 3.05) is 7.11 Å². The van der Waals surface area contributed by atoms with Crippen molar-refractivity contribution in [1.29, 1.82) is 0 Å². The lowest BCUT2D eigenvalue weighted by Crippen LogP contribution is -2.23. The average molecular weight is 298 g/mol. The number of carbonyl (C=O) groups excluding carboxylic acids is 1. The van der Waals surface area contributed by atoms with Gasteiger partial charge in [-0.25, -0.2) is 0 Å². The second kappa shape index (κ2) is 7.76. The first-order chi connectivity index (χ1) is 10.6. The van der Waals surface area contributed by atoms with E-state index in [1.807, 2.05) is 68.4 Å². The highest BCUT2D eigenvalue weighted by molar-refractivity contribution is 5.73. The van der Waals surface area contributed by atoms with E-state index in [1.165, 1.54) is 5.56 Å². The highest BCUT2D eigenvalue weighted by Gasteiger charge is 2.26. The van der Waals surface area contributed by atoms with E-state index >= 15 is 0 Å². The Morgan fingerprint density at radius 2 is 1.68 bits per heavy atom. The average Bonchev–Trinajstić information content (AvgIpc) is 2.56. The Bertz CT molecular complexity index is 590. The predicted molar refractivity (Wildman–Crippen MR) is 86.3 cm³/mol. The molecule has 2 aromatic rings. The summed E-state index contributed by atoms with van der Waals surface area (Å²) in [6, 6.07) is 17.7. The van der Waals surface area contributed by atoms with Gasteiger partial charge in [0.2, 0.25) is 0 Å². The zero-order valence-corrected chi connectivity index (χ0v) is 13.3. The first-order valence-corrected chi connectivity index (χ1v) is 7.41. The van der Waals surface area contributed by atoms with E-state index in [0.29, 0.717) is 0 Å². The molecule has 0 bridgehead atoms. The number of methoxy groups -OCH3 is 1. The maximum Gasteiger partial charge on any atom is 0.311 e. The lowest BCUT2D eigenvalue weighted by atomic mass is 9.96. The van der Waals surface area contributed by atoms with Gasteiger partial charge < -0.3 is 9.47 Å². The number of aryl methyl sites for hydroxylation is 1. The van der Waals surface area contributed by atoms with Crippen molar-refractivity contribution in [3.05, 3.63) is 71.3 Å². The molecule has 3 heteroatoms. The van der Waals surface area contributed by atoms with Crippen LogP contribution in [0.1, 0.15) is 29.7 Å². The fraction of sp³-hybridized carbons (Fsp3) is 0.316. The first kappa shape index (κ1) is 16.2. The maximum atomic E-state index is 12.3. The number of benzene rings is 2. The fourth-order valence-corrected chi connectivity index (χ4v) is 2.37. The van der Waals surface area contributed by atoms with Crippen molar-refractivity contribution in [3.63, 3.8) is 0 Å². The van der Waals surface area contributed by atoms with Gasteiger partial charge >= 0.3 is 5.97 Å². The van der Waals surface area contributed by atoms with Crippen LogP contribution in [0.2, 0.25) is 0 Å². The molecule has 2 aromatic carbocycles. The second-order valence-corrected chi connectivity index (χ2v) is 5.45. The minimum absolute atomic E-state index is 0.253. The molecule has 0 aromatic heterocycles. The van der Waals surface area contributed by atoms with E-state index in [0.717, 1.165) is 11.1 Å². The summed E-state index contributed by atoms with van der Waals surface area (Å²) in [6.07, 6.45) is -0.302. The highest BCUT2D eigenvalue weighted by atomic mass is 16.5. The summed E-state index contributed by atoms with van der Waals surface area (Å²) in [7, 11) is 1.62. The number of esters is 1. The van der Waals surface area contributed by atoms with Crippen molar-refractivity contribution < 1.29 is 14.3 Å². The molecule has 0 radical (unpaired) electrons. The van der Waals surface area contributed by atoms with Crippen LogP contribution in [-0.4, -0.2) is 13.1 Å². The Morgan fingerprint density at radius 3 is 2.27 bits per heavy atom. The van der Waals surface area contributed by atoms with Gasteiger partial charge in [-0.3, -0.25) is 4.79 Å². The van der Waals surface area contributed by atoms with Crippen molar-refractivity contribution >= 4 is 5.97 Å². The lowest BCUT2D eigenvalue weighted by molar-refractivity contribution is -0.154. The van der Waals surface area contributed by atoms with Crippen LogP contribution in [0, 0.1) is 12.8 Å². The minimum atomic E-state index is -0.364. The van der Waals surface area contributed by atoms with Crippen LogP contribution in [0.4, 0.5) is 0 Å². The number of rotatable bonds is 6. The van der Waals surface area contributed by atoms with Crippen molar-refractivity contribution in [2.24, 2.45) is 5.92 Å². The van der Waals surface area contributed by atoms with E-state index in [-0.39, 0.29) is 24.6 Å². The summed E-state index contributed by atoms with van der Waals surface area (Å²) in [4.78, 5) is 12.3. The Labute approximate surface area is 131 Å². The van der Waals surface area contributed by atoms with Gasteiger partial charge in [0.1, 0.15) is 6.61 Å². The van der Waals surface area contributed by atoms with Crippen molar-refractivity contribution in [2.45, 2.75) is 26.6 Å². The largest absolute Gasteiger partial charge is 0.461 e. The Balaban J connectivity index is 1.99. The summed E-state index contributed by atoms with van der Waals surface area (Å²) < 4.78 is 10.9. The number of hydrogen-bond donors (Lipinski definition) is 0. The monoisotopic (exact) mass is 298 g/mol. The van der Waals surface area contributed by atoms with Gasteiger partial charge in [0.15, 0.2) is 0 Å². The van der Waals surface area contributed by atoms with Crippen LogP contribution >= 0.6 is 0 Å². The third kappa shape index (κ3) is 4.18. The van der Waals surface area contributed by atoms with Gasteiger partial charge in [-0.15, -0.1) is 0 Å². The molecule has 0 fully saturated rings. The normalized spacial score (nSPS) is 13.4. The number of ether oxygens (including phenoxy) is 2. The minimum Gasteiger partial charge on any atom is -0.461 e. The molecule has 0 aliphatic heterocycles. The van der Waals surface area contributed by atoms with Crippen molar-refractivity contribution in [1.82, 2.24) is 0 Å². The molecule has 3 nitrogen and oxygen atoms in total. The molecule has 0 unspecified atom stereocenters. The first-order valence-electron chi connectivity index (χ1n) is 7.41. The Hall–Kier alpha value is -2.13. The topological polar surface area (TPSA) is 35.5 Å². The third-order valence-corrected chi connectivity index (χ3v) is 3.71. The standard InChI is InChI=1S/C19H22O3/c1-14-9-11-17(12-10-14)18(21-3)15(2)19(20)22-13-16-7-5-4-6-8-16/h4-12,15,18H,13H2,1-3H3/t15-,18-/m0/s1. The van der Waals surface area contributed by atoms with Gasteiger partial charge in [0.25, 0.3) is 0 Å². The van der Waals surface area contributed by atoms with Gasteiger partial charge in [-0.05, 0) is 25.0 Å². The van der Waals surface area contributed by atoms with E-state index in [4.69, 9.17) is 9.47 Å². The lowest BCUT2D eigenvalue weighted by Gasteiger charge is -2.22. The summed E-state index contributed by atoms with van der Waals surface area (Å²) in [5, 5.41) is 0. The zero-order valence-electron chi connectivity index (χ0n) is 13.3. The van der Waals surface area contributed by atoms with Crippen LogP contribution in [0.5, 0.6) is 0 Å². The van der Waals surface area contributed by atoms with E-state index in [1.54, 1.807) is 7.11 Å². The molecule has 2 rings (SSSR count). The zero-order chi connectivity index (χ0) is 15.9. The van der Waals surface area contributed by atoms with Gasteiger partial charge in [0, 0.05) is 7.11 Å². The molecule has 0 N–H and O–H groups in total. The molecule has 0 aliphatic rings. The van der Waals surface area contributed by atoms with Gasteiger partial charge in [-0.1, -0.05) is 60.2 Å². The summed E-state index contributed by atoms with van der Waals surface area (Å²) in [5.41, 5.74) is 3.14. The van der Waals surface area contributed by atoms with Crippen LogP contribution < -0.4 is 0 Å². The summed E-state index contributed by atoms with van der Waals surface area (Å²) in [5.74, 6) is -0.618. The Kier molecular flexibility index (Phi) is 5.73. The summed E-state index contributed by atoms with van der Waals surface area (Å²) >= 11 is 0. The van der Waals surface area contributed by atoms with Crippen LogP contribution in [0.3, 0.4) is 0 Å². The molecule has 22 heavy (non-hydrogen) atoms. The van der Waals surface area contributed by atoms with E-state index in [9.17, 15) is 4.79 Å². The van der Waals surface area contributed by atoms with Crippen LogP contribution in [0.15, 0.2) is 54.6 Å². The number of hydrogen-bond acceptors (Lipinski definition) is 3. The quantitative estimate of drug-likeness (QED) is 0.754. The molecule has 0 saturated heterocycles. The van der Waals surface area contributed by atoms with Gasteiger partial charge in [-0.2, -0.15) is 0 Å². The fourth-order valence-electron chi connectivity index (χ4n) is 2.37. The Morgan fingerprint density at radius 1 is 1.05 bits per heavy atom. The molecule has 0 heterocycles. The molecular formula is C19H22O3. The molecule has 0 amide bonds. The molecule has 0 spiro atoms. The summed E-state index contributed by atoms with van der Waals surface area (Å²) in [6.45, 7) is 4.15. The third-order valence-electron chi connectivity index (χ3n) is 3.71. The maximum absolute atomic E-state index is 12.3.